The highest BCUT2D eigenvalue weighted by Gasteiger charge is 2.16. The molecule has 8 heteroatoms. The van der Waals surface area contributed by atoms with Crippen LogP contribution in [0.1, 0.15) is 5.56 Å². The second-order valence-electron chi connectivity index (χ2n) is 6.80. The molecule has 3 rings (SSSR count). The maximum absolute atomic E-state index is 12.6. The number of benzene rings is 2. The van der Waals surface area contributed by atoms with Gasteiger partial charge in [0.05, 0.1) is 28.8 Å². The van der Waals surface area contributed by atoms with E-state index in [0.29, 0.717) is 27.4 Å². The summed E-state index contributed by atoms with van der Waals surface area (Å²) in [5.74, 6) is -0.231. The van der Waals surface area contributed by atoms with Crippen molar-refractivity contribution in [1.29, 1.82) is 0 Å². The van der Waals surface area contributed by atoms with Crippen LogP contribution < -0.4 is 21.3 Å². The number of anilines is 2. The number of aryl methyl sites for hydroxylation is 2. The Kier molecular flexibility index (Phi) is 5.29. The highest BCUT2D eigenvalue weighted by molar-refractivity contribution is 6.31. The third-order valence-corrected chi connectivity index (χ3v) is 5.04. The maximum Gasteiger partial charge on any atom is 0.316 e. The summed E-state index contributed by atoms with van der Waals surface area (Å²) >= 11 is 6.14. The van der Waals surface area contributed by atoms with E-state index in [1.807, 2.05) is 31.1 Å². The zero-order valence-electron chi connectivity index (χ0n) is 16.1. The number of hydrogen-bond donors (Lipinski definition) is 1. The lowest BCUT2D eigenvalue weighted by Crippen LogP contribution is -2.39. The molecule has 3 aromatic rings. The molecule has 7 nitrogen and oxygen atoms in total. The quantitative estimate of drug-likeness (QED) is 0.681. The molecule has 0 saturated carbocycles. The fraction of sp³-hybridized carbons (Fsp3) is 0.250. The van der Waals surface area contributed by atoms with Crippen LogP contribution in [0, 0.1) is 0 Å². The van der Waals surface area contributed by atoms with Crippen molar-refractivity contribution in [3.8, 4) is 0 Å². The van der Waals surface area contributed by atoms with E-state index >= 15 is 0 Å². The van der Waals surface area contributed by atoms with Crippen molar-refractivity contribution < 1.29 is 4.79 Å². The minimum absolute atomic E-state index is 0.122. The summed E-state index contributed by atoms with van der Waals surface area (Å²) in [6.45, 7) is 0. The third-order valence-electron chi connectivity index (χ3n) is 4.67. The van der Waals surface area contributed by atoms with Gasteiger partial charge >= 0.3 is 11.1 Å². The Morgan fingerprint density at radius 2 is 1.61 bits per heavy atom. The molecule has 0 unspecified atom stereocenters. The van der Waals surface area contributed by atoms with Crippen LogP contribution in [0.25, 0.3) is 11.0 Å². The van der Waals surface area contributed by atoms with Gasteiger partial charge in [-0.25, -0.2) is 0 Å². The molecule has 0 bridgehead atoms. The molecule has 1 amide bonds. The normalized spacial score (nSPS) is 10.9. The summed E-state index contributed by atoms with van der Waals surface area (Å²) in [7, 11) is 6.77. The number of nitrogens with one attached hydrogen (secondary N) is 1. The van der Waals surface area contributed by atoms with Crippen LogP contribution >= 0.6 is 11.6 Å². The molecule has 0 saturated heterocycles. The summed E-state index contributed by atoms with van der Waals surface area (Å²) in [6, 6.07) is 10.7. The number of carbonyl (C=O) groups excluding carboxylic acids is 1. The van der Waals surface area contributed by atoms with E-state index in [2.05, 4.69) is 5.32 Å². The van der Waals surface area contributed by atoms with E-state index in [0.717, 1.165) is 5.56 Å². The fourth-order valence-electron chi connectivity index (χ4n) is 3.09. The number of hydrogen-bond acceptors (Lipinski definition) is 4. The van der Waals surface area contributed by atoms with Crippen molar-refractivity contribution in [3.63, 3.8) is 0 Å². The Bertz CT molecular complexity index is 1190. The summed E-state index contributed by atoms with van der Waals surface area (Å²) in [4.78, 5) is 38.7. The van der Waals surface area contributed by atoms with Gasteiger partial charge in [0, 0.05) is 33.2 Å². The van der Waals surface area contributed by atoms with Gasteiger partial charge in [0.25, 0.3) is 0 Å². The lowest BCUT2D eigenvalue weighted by molar-refractivity contribution is -0.115. The number of amides is 1. The number of aromatic nitrogens is 2. The van der Waals surface area contributed by atoms with Crippen LogP contribution in [0.2, 0.25) is 5.02 Å². The van der Waals surface area contributed by atoms with Crippen molar-refractivity contribution in [2.75, 3.05) is 24.3 Å². The highest BCUT2D eigenvalue weighted by atomic mass is 35.5. The number of carbonyl (C=O) groups is 1. The average molecular weight is 401 g/mol. The molecule has 0 aliphatic heterocycles. The van der Waals surface area contributed by atoms with Crippen LogP contribution in [-0.2, 0) is 25.3 Å². The van der Waals surface area contributed by atoms with Gasteiger partial charge in [0.15, 0.2) is 0 Å². The molecule has 0 spiro atoms. The fourth-order valence-corrected chi connectivity index (χ4v) is 3.29. The van der Waals surface area contributed by atoms with Crippen molar-refractivity contribution in [2.24, 2.45) is 14.1 Å². The molecule has 0 atom stereocenters. The van der Waals surface area contributed by atoms with E-state index < -0.39 is 11.1 Å². The van der Waals surface area contributed by atoms with Gasteiger partial charge in [-0.05, 0) is 23.8 Å². The number of halogens is 1. The second-order valence-corrected chi connectivity index (χ2v) is 7.20. The molecular weight excluding hydrogens is 380 g/mol. The molecule has 1 aromatic heterocycles. The molecule has 0 aliphatic rings. The standard InChI is InChI=1S/C20H21ClN4O3/c1-23(2)15-11-17-16(24(3)19(27)20(28)25(17)4)10-14(15)22-18(26)9-12-7-5-6-8-13(12)21/h5-8,10-11H,9H2,1-4H3,(H,22,26). The van der Waals surface area contributed by atoms with E-state index in [9.17, 15) is 14.4 Å². The zero-order valence-corrected chi connectivity index (χ0v) is 16.9. The Labute approximate surface area is 166 Å². The summed E-state index contributed by atoms with van der Waals surface area (Å²) in [5, 5.41) is 3.43. The molecule has 0 radical (unpaired) electrons. The zero-order chi connectivity index (χ0) is 20.6. The largest absolute Gasteiger partial charge is 0.376 e. The second kappa shape index (κ2) is 7.52. The van der Waals surface area contributed by atoms with Gasteiger partial charge in [-0.1, -0.05) is 29.8 Å². The van der Waals surface area contributed by atoms with Gasteiger partial charge in [-0.15, -0.1) is 0 Å². The van der Waals surface area contributed by atoms with E-state index in [4.69, 9.17) is 11.6 Å². The molecule has 146 valence electrons. The Morgan fingerprint density at radius 1 is 1.04 bits per heavy atom. The van der Waals surface area contributed by atoms with E-state index in [1.165, 1.54) is 16.2 Å². The first kappa shape index (κ1) is 19.7. The molecular formula is C20H21ClN4O3. The van der Waals surface area contributed by atoms with Gasteiger partial charge in [0.1, 0.15) is 0 Å². The topological polar surface area (TPSA) is 76.3 Å². The van der Waals surface area contributed by atoms with Crippen molar-refractivity contribution in [3.05, 3.63) is 67.7 Å². The monoisotopic (exact) mass is 400 g/mol. The van der Waals surface area contributed by atoms with Crippen LogP contribution in [0.15, 0.2) is 46.0 Å². The number of fused-ring (bicyclic) bond motifs is 1. The Hall–Kier alpha value is -3.06. The average Bonchev–Trinajstić information content (AvgIpc) is 2.66. The van der Waals surface area contributed by atoms with Crippen LogP contribution in [0.3, 0.4) is 0 Å². The smallest absolute Gasteiger partial charge is 0.316 e. The molecule has 2 aromatic carbocycles. The van der Waals surface area contributed by atoms with Crippen molar-refractivity contribution >= 4 is 39.9 Å². The first-order valence-corrected chi connectivity index (χ1v) is 9.03. The predicted octanol–water partition coefficient (Wildman–Crippen LogP) is 2.14. The molecule has 1 N–H and O–H groups in total. The summed E-state index contributed by atoms with van der Waals surface area (Å²) in [5.41, 5.74) is 1.90. The van der Waals surface area contributed by atoms with Gasteiger partial charge in [-0.3, -0.25) is 14.4 Å². The first-order valence-electron chi connectivity index (χ1n) is 8.65. The van der Waals surface area contributed by atoms with E-state index in [1.54, 1.807) is 31.3 Å². The number of rotatable bonds is 4. The Morgan fingerprint density at radius 3 is 2.18 bits per heavy atom. The van der Waals surface area contributed by atoms with Gasteiger partial charge in [-0.2, -0.15) is 0 Å². The number of nitrogens with zero attached hydrogens (tertiary/aromatic N) is 3. The lowest BCUT2D eigenvalue weighted by Gasteiger charge is -2.20. The van der Waals surface area contributed by atoms with Crippen LogP contribution in [-0.4, -0.2) is 29.1 Å². The maximum atomic E-state index is 12.6. The Balaban J connectivity index is 2.08. The molecule has 0 fully saturated rings. The van der Waals surface area contributed by atoms with Crippen LogP contribution in [0.5, 0.6) is 0 Å². The molecule has 28 heavy (non-hydrogen) atoms. The first-order chi connectivity index (χ1) is 13.2. The molecule has 0 aliphatic carbocycles. The predicted molar refractivity (Wildman–Crippen MR) is 113 cm³/mol. The summed E-state index contributed by atoms with van der Waals surface area (Å²) in [6.07, 6.45) is 0.122. The van der Waals surface area contributed by atoms with E-state index in [-0.39, 0.29) is 12.3 Å². The van der Waals surface area contributed by atoms with Crippen LogP contribution in [0.4, 0.5) is 11.4 Å². The highest BCUT2D eigenvalue weighted by Crippen LogP contribution is 2.29. The minimum atomic E-state index is -0.624. The van der Waals surface area contributed by atoms with Gasteiger partial charge in [0.2, 0.25) is 5.91 Å². The molecule has 1 heterocycles. The van der Waals surface area contributed by atoms with Gasteiger partial charge < -0.3 is 19.4 Å². The lowest BCUT2D eigenvalue weighted by atomic mass is 10.1. The third kappa shape index (κ3) is 3.53. The van der Waals surface area contributed by atoms with Crippen molar-refractivity contribution in [2.45, 2.75) is 6.42 Å². The summed E-state index contributed by atoms with van der Waals surface area (Å²) < 4.78 is 2.61. The minimum Gasteiger partial charge on any atom is -0.376 e. The SMILES string of the molecule is CN(C)c1cc2c(cc1NC(=O)Cc1ccccc1Cl)n(C)c(=O)c(=O)n2C. The van der Waals surface area contributed by atoms with Crippen molar-refractivity contribution in [1.82, 2.24) is 9.13 Å².